The number of methoxy groups -OCH3 is 1. The molecule has 178 valence electrons. The Morgan fingerprint density at radius 3 is 2.56 bits per heavy atom. The van der Waals surface area contributed by atoms with Gasteiger partial charge in [-0.2, -0.15) is 0 Å². The fraction of sp³-hybridized carbons (Fsp3) is 0.679. The van der Waals surface area contributed by atoms with Crippen LogP contribution in [0, 0.1) is 29.1 Å². The molecule has 0 aliphatic heterocycles. The van der Waals surface area contributed by atoms with E-state index in [9.17, 15) is 4.79 Å². The van der Waals surface area contributed by atoms with Gasteiger partial charge < -0.3 is 14.2 Å². The van der Waals surface area contributed by atoms with Gasteiger partial charge in [0.1, 0.15) is 12.9 Å². The molecule has 4 heteroatoms. The molecule has 32 heavy (non-hydrogen) atoms. The van der Waals surface area contributed by atoms with Crippen molar-refractivity contribution < 1.29 is 19.0 Å². The molecule has 0 bridgehead atoms. The van der Waals surface area contributed by atoms with Crippen LogP contribution >= 0.6 is 0 Å². The van der Waals surface area contributed by atoms with Gasteiger partial charge in [-0.05, 0) is 75.3 Å². The number of ether oxygens (including phenoxy) is 3. The molecule has 2 aliphatic carbocycles. The summed E-state index contributed by atoms with van der Waals surface area (Å²) < 4.78 is 17.0. The van der Waals surface area contributed by atoms with Gasteiger partial charge in [0.2, 0.25) is 0 Å². The summed E-state index contributed by atoms with van der Waals surface area (Å²) in [5.41, 5.74) is 0.600. The third-order valence-electron chi connectivity index (χ3n) is 8.39. The maximum absolute atomic E-state index is 12.7. The number of rotatable bonds is 9. The zero-order valence-electron chi connectivity index (χ0n) is 20.8. The van der Waals surface area contributed by atoms with Gasteiger partial charge in [0.15, 0.2) is 0 Å². The Hall–Kier alpha value is -1.65. The van der Waals surface area contributed by atoms with Crippen LogP contribution < -0.4 is 0 Å². The summed E-state index contributed by atoms with van der Waals surface area (Å²) in [6.07, 6.45) is 10.4. The lowest BCUT2D eigenvalue weighted by Gasteiger charge is -2.45. The van der Waals surface area contributed by atoms with E-state index in [1.54, 1.807) is 7.11 Å². The van der Waals surface area contributed by atoms with Gasteiger partial charge in [-0.1, -0.05) is 51.1 Å². The molecule has 0 saturated heterocycles. The van der Waals surface area contributed by atoms with Crippen LogP contribution in [0.4, 0.5) is 0 Å². The van der Waals surface area contributed by atoms with Crippen molar-refractivity contribution in [3.63, 3.8) is 0 Å². The maximum atomic E-state index is 12.7. The predicted molar refractivity (Wildman–Crippen MR) is 128 cm³/mol. The highest BCUT2D eigenvalue weighted by molar-refractivity contribution is 5.89. The molecule has 0 heterocycles. The van der Waals surface area contributed by atoms with E-state index in [2.05, 4.69) is 46.8 Å². The lowest BCUT2D eigenvalue weighted by Crippen LogP contribution is -2.43. The van der Waals surface area contributed by atoms with Crippen molar-refractivity contribution in [3.05, 3.63) is 48.0 Å². The van der Waals surface area contributed by atoms with E-state index in [1.165, 1.54) is 12.8 Å². The van der Waals surface area contributed by atoms with Gasteiger partial charge >= 0.3 is 5.97 Å². The van der Waals surface area contributed by atoms with E-state index < -0.39 is 0 Å². The zero-order valence-corrected chi connectivity index (χ0v) is 20.8. The van der Waals surface area contributed by atoms with E-state index in [0.29, 0.717) is 30.1 Å². The largest absolute Gasteiger partial charge is 0.458 e. The molecule has 2 fully saturated rings. The van der Waals surface area contributed by atoms with E-state index in [4.69, 9.17) is 14.2 Å². The average Bonchev–Trinajstić information content (AvgIpc) is 3.14. The van der Waals surface area contributed by atoms with E-state index in [0.717, 1.165) is 19.3 Å². The molecule has 0 unspecified atom stereocenters. The Kier molecular flexibility index (Phi) is 8.21. The van der Waals surface area contributed by atoms with Crippen LogP contribution in [0.1, 0.15) is 77.1 Å². The van der Waals surface area contributed by atoms with Crippen molar-refractivity contribution in [3.8, 4) is 0 Å². The van der Waals surface area contributed by atoms with Crippen molar-refractivity contribution in [2.24, 2.45) is 29.1 Å². The van der Waals surface area contributed by atoms with Gasteiger partial charge in [-0.15, -0.1) is 0 Å². The highest BCUT2D eigenvalue weighted by atomic mass is 16.7. The first-order valence-corrected chi connectivity index (χ1v) is 12.3. The fourth-order valence-corrected chi connectivity index (χ4v) is 5.99. The smallest absolute Gasteiger partial charge is 0.338 e. The number of fused-ring (bicyclic) bond motifs is 1. The Bertz CT molecular complexity index is 771. The molecule has 2 saturated carbocycles. The third-order valence-corrected chi connectivity index (χ3v) is 8.39. The van der Waals surface area contributed by atoms with Gasteiger partial charge in [0.25, 0.3) is 0 Å². The summed E-state index contributed by atoms with van der Waals surface area (Å²) >= 11 is 0. The number of carbonyl (C=O) groups excluding carboxylic acids is 1. The molecule has 0 spiro atoms. The molecule has 2 aliphatic rings. The summed E-state index contributed by atoms with van der Waals surface area (Å²) in [6.45, 7) is 11.5. The van der Waals surface area contributed by atoms with Crippen LogP contribution in [0.25, 0.3) is 0 Å². The Balaban J connectivity index is 1.65. The van der Waals surface area contributed by atoms with Crippen LogP contribution in [0.5, 0.6) is 0 Å². The molecule has 4 nitrogen and oxygen atoms in total. The minimum absolute atomic E-state index is 0.0305. The number of carbonyl (C=O) groups is 1. The number of hydrogen-bond acceptors (Lipinski definition) is 4. The van der Waals surface area contributed by atoms with Crippen molar-refractivity contribution >= 4 is 5.97 Å². The molecule has 0 radical (unpaired) electrons. The normalized spacial score (nSPS) is 30.1. The molecule has 1 aromatic rings. The quantitative estimate of drug-likeness (QED) is 0.244. The average molecular weight is 443 g/mol. The number of esters is 1. The van der Waals surface area contributed by atoms with Crippen LogP contribution in [0.15, 0.2) is 42.5 Å². The highest BCUT2D eigenvalue weighted by Gasteiger charge is 2.53. The molecule has 0 aromatic heterocycles. The monoisotopic (exact) mass is 442 g/mol. The summed E-state index contributed by atoms with van der Waals surface area (Å²) in [7, 11) is 1.66. The summed E-state index contributed by atoms with van der Waals surface area (Å²) in [6, 6.07) is 9.39. The van der Waals surface area contributed by atoms with Crippen molar-refractivity contribution in [1.29, 1.82) is 0 Å². The van der Waals surface area contributed by atoms with E-state index >= 15 is 0 Å². The van der Waals surface area contributed by atoms with Crippen LogP contribution in [-0.2, 0) is 14.2 Å². The second kappa shape index (κ2) is 10.5. The standard InChI is InChI=1S/C28H42O4/c1-20(14-15-21(2)27(3,4)31-19-30-6)23-16-17-24-25(13-10-18-28(23,24)5)32-26(29)22-11-8-7-9-12-22/h7-9,11-12,14-15,20-21,23-25H,10,13,16-19H2,1-6H3/b15-14+/t20-,21-,23-,24+,25+,28-/m1/s1. The van der Waals surface area contributed by atoms with Gasteiger partial charge in [-0.3, -0.25) is 0 Å². The minimum atomic E-state index is -0.268. The number of hydrogen-bond donors (Lipinski definition) is 0. The van der Waals surface area contributed by atoms with Crippen molar-refractivity contribution in [2.75, 3.05) is 13.9 Å². The first kappa shape index (κ1) is 25.0. The molecular formula is C28H42O4. The Morgan fingerprint density at radius 2 is 1.88 bits per heavy atom. The maximum Gasteiger partial charge on any atom is 0.338 e. The molecule has 6 atom stereocenters. The second-order valence-electron chi connectivity index (χ2n) is 10.7. The molecular weight excluding hydrogens is 400 g/mol. The van der Waals surface area contributed by atoms with Crippen LogP contribution in [0.2, 0.25) is 0 Å². The second-order valence-corrected chi connectivity index (χ2v) is 10.7. The van der Waals surface area contributed by atoms with Crippen molar-refractivity contribution in [1.82, 2.24) is 0 Å². The molecule has 3 rings (SSSR count). The lowest BCUT2D eigenvalue weighted by atomic mass is 9.61. The SMILES string of the molecule is COCOC(C)(C)[C@H](C)/C=C/[C@@H](C)[C@H]1CC[C@H]2[C@@H](OC(=O)c3ccccc3)CCC[C@]12C. The van der Waals surface area contributed by atoms with Crippen molar-refractivity contribution in [2.45, 2.75) is 78.4 Å². The van der Waals surface area contributed by atoms with E-state index in [-0.39, 0.29) is 29.0 Å². The van der Waals surface area contributed by atoms with Gasteiger partial charge in [0.05, 0.1) is 11.2 Å². The van der Waals surface area contributed by atoms with Crippen LogP contribution in [-0.4, -0.2) is 31.6 Å². The van der Waals surface area contributed by atoms with E-state index in [1.807, 2.05) is 30.3 Å². The Morgan fingerprint density at radius 1 is 1.16 bits per heavy atom. The van der Waals surface area contributed by atoms with Gasteiger partial charge in [-0.25, -0.2) is 4.79 Å². The molecule has 0 amide bonds. The number of allylic oxidation sites excluding steroid dienone is 1. The number of benzene rings is 1. The molecule has 0 N–H and O–H groups in total. The summed E-state index contributed by atoms with van der Waals surface area (Å²) in [5, 5.41) is 0. The minimum Gasteiger partial charge on any atom is -0.458 e. The Labute approximate surface area is 194 Å². The van der Waals surface area contributed by atoms with Gasteiger partial charge in [0, 0.05) is 18.9 Å². The third kappa shape index (κ3) is 5.46. The fourth-order valence-electron chi connectivity index (χ4n) is 5.99. The highest BCUT2D eigenvalue weighted by Crippen LogP contribution is 2.58. The zero-order chi connectivity index (χ0) is 23.4. The summed E-state index contributed by atoms with van der Waals surface area (Å²) in [5.74, 6) is 1.65. The lowest BCUT2D eigenvalue weighted by molar-refractivity contribution is -0.128. The van der Waals surface area contributed by atoms with Crippen LogP contribution in [0.3, 0.4) is 0 Å². The predicted octanol–water partition coefficient (Wildman–Crippen LogP) is 6.66. The first-order chi connectivity index (χ1) is 15.2. The summed E-state index contributed by atoms with van der Waals surface area (Å²) in [4.78, 5) is 12.7. The first-order valence-electron chi connectivity index (χ1n) is 12.3. The topological polar surface area (TPSA) is 44.8 Å². The molecule has 1 aromatic carbocycles.